The predicted octanol–water partition coefficient (Wildman–Crippen LogP) is 7.51. The van der Waals surface area contributed by atoms with Gasteiger partial charge in [0.15, 0.2) is 10.6 Å². The largest absolute Gasteiger partial charge is 0.611 e. The second-order valence-corrected chi connectivity index (χ2v) is 11.8. The lowest BCUT2D eigenvalue weighted by Gasteiger charge is -2.12. The minimum atomic E-state index is -1.20. The van der Waals surface area contributed by atoms with Crippen LogP contribution in [0.1, 0.15) is 51.3 Å². The van der Waals surface area contributed by atoms with Gasteiger partial charge in [-0.25, -0.2) is 4.98 Å². The number of benzene rings is 3. The van der Waals surface area contributed by atoms with Gasteiger partial charge >= 0.3 is 0 Å². The van der Waals surface area contributed by atoms with E-state index in [1.165, 1.54) is 0 Å². The Balaban J connectivity index is 1.31. The van der Waals surface area contributed by atoms with Gasteiger partial charge in [-0.15, -0.1) is 0 Å². The number of hydrogen-bond donors (Lipinski definition) is 1. The molecule has 0 radical (unpaired) electrons. The second-order valence-electron chi connectivity index (χ2n) is 10.3. The van der Waals surface area contributed by atoms with Crippen LogP contribution in [0.4, 0.5) is 5.69 Å². The van der Waals surface area contributed by atoms with Crippen molar-refractivity contribution in [3.05, 3.63) is 103 Å². The Hall–Kier alpha value is -3.85. The Labute approximate surface area is 258 Å². The minimum absolute atomic E-state index is 0.222. The molecule has 0 aliphatic carbocycles. The molecule has 0 aliphatic heterocycles. The van der Waals surface area contributed by atoms with Crippen LogP contribution in [0.2, 0.25) is 0 Å². The summed E-state index contributed by atoms with van der Waals surface area (Å²) in [6.07, 6.45) is 8.33. The van der Waals surface area contributed by atoms with Crippen LogP contribution < -0.4 is 10.1 Å². The van der Waals surface area contributed by atoms with Crippen molar-refractivity contribution in [2.75, 3.05) is 25.1 Å². The summed E-state index contributed by atoms with van der Waals surface area (Å²) in [6, 6.07) is 23.3. The Morgan fingerprint density at radius 2 is 1.77 bits per heavy atom. The standard InChI is InChI=1S/C35H41N3O4S/c1-4-6-19-41-20-21-42-33-14-10-28(11-15-33)30-9-7-8-29(23-30)27(3)22-35(39)37-31-12-16-34(17-13-31)43(40)25-32-24-36-26-38(32)18-5-2/h7-17,22-24,26H,4-6,18-21,25H2,1-3H3,(H,37,39)/b27-22+/t43-/m0/s1. The van der Waals surface area contributed by atoms with Crippen LogP contribution in [0, 0.1) is 0 Å². The average Bonchev–Trinajstić information content (AvgIpc) is 3.46. The lowest BCUT2D eigenvalue weighted by Crippen LogP contribution is -2.11. The minimum Gasteiger partial charge on any atom is -0.611 e. The van der Waals surface area contributed by atoms with E-state index in [4.69, 9.17) is 9.47 Å². The highest BCUT2D eigenvalue weighted by atomic mass is 32.2. The number of aryl methyl sites for hydroxylation is 1. The van der Waals surface area contributed by atoms with Gasteiger partial charge in [-0.3, -0.25) is 4.79 Å². The SMILES string of the molecule is CCCCOCCOc1ccc(-c2cccc(/C(C)=C/C(=O)Nc3ccc([S@@+]([O-])Cc4cncn4CCC)cc3)c2)cc1. The molecule has 8 heteroatoms. The van der Waals surface area contributed by atoms with Gasteiger partial charge in [-0.05, 0) is 95.7 Å². The van der Waals surface area contributed by atoms with Crippen molar-refractivity contribution in [1.82, 2.24) is 9.55 Å². The average molecular weight is 600 g/mol. The third-order valence-corrected chi connectivity index (χ3v) is 8.27. The molecular weight excluding hydrogens is 558 g/mol. The molecule has 0 fully saturated rings. The topological polar surface area (TPSA) is 88.4 Å². The fourth-order valence-electron chi connectivity index (χ4n) is 4.53. The molecule has 43 heavy (non-hydrogen) atoms. The molecule has 0 bridgehead atoms. The van der Waals surface area contributed by atoms with E-state index in [1.54, 1.807) is 42.9 Å². The molecule has 4 aromatic rings. The van der Waals surface area contributed by atoms with Crippen LogP contribution in [-0.4, -0.2) is 39.8 Å². The molecule has 4 rings (SSSR count). The number of anilines is 1. The van der Waals surface area contributed by atoms with Crippen molar-refractivity contribution >= 4 is 28.3 Å². The first-order valence-electron chi connectivity index (χ1n) is 14.8. The molecule has 1 heterocycles. The Morgan fingerprint density at radius 1 is 0.977 bits per heavy atom. The monoisotopic (exact) mass is 599 g/mol. The normalized spacial score (nSPS) is 12.2. The smallest absolute Gasteiger partial charge is 0.248 e. The number of hydrogen-bond acceptors (Lipinski definition) is 5. The zero-order chi connectivity index (χ0) is 30.4. The number of nitrogens with one attached hydrogen (secondary N) is 1. The van der Waals surface area contributed by atoms with E-state index in [9.17, 15) is 9.35 Å². The molecule has 7 nitrogen and oxygen atoms in total. The molecule has 0 aliphatic rings. The van der Waals surface area contributed by atoms with Gasteiger partial charge in [-0.2, -0.15) is 0 Å². The lowest BCUT2D eigenvalue weighted by molar-refractivity contribution is -0.111. The summed E-state index contributed by atoms with van der Waals surface area (Å²) < 4.78 is 26.3. The summed E-state index contributed by atoms with van der Waals surface area (Å²) in [5, 5.41) is 2.91. The Bertz CT molecular complexity index is 1470. The highest BCUT2D eigenvalue weighted by Gasteiger charge is 2.15. The van der Waals surface area contributed by atoms with Gasteiger partial charge in [0, 0.05) is 24.9 Å². The number of ether oxygens (including phenoxy) is 2. The number of amides is 1. The number of allylic oxidation sites excluding steroid dienone is 1. The first kappa shape index (κ1) is 32.1. The quantitative estimate of drug-likeness (QED) is 0.0818. The summed E-state index contributed by atoms with van der Waals surface area (Å²) in [6.45, 7) is 8.91. The summed E-state index contributed by atoms with van der Waals surface area (Å²) in [4.78, 5) is 17.7. The third kappa shape index (κ3) is 9.85. The number of unbranched alkanes of at least 4 members (excludes halogenated alkanes) is 1. The van der Waals surface area contributed by atoms with Crippen LogP contribution in [0.3, 0.4) is 0 Å². The van der Waals surface area contributed by atoms with Gasteiger partial charge in [0.2, 0.25) is 5.91 Å². The number of carbonyl (C=O) groups is 1. The maximum atomic E-state index is 12.9. The van der Waals surface area contributed by atoms with E-state index in [0.29, 0.717) is 29.5 Å². The third-order valence-electron chi connectivity index (χ3n) is 6.92. The van der Waals surface area contributed by atoms with Crippen LogP contribution in [-0.2, 0) is 33.0 Å². The van der Waals surface area contributed by atoms with Crippen molar-refractivity contribution in [2.45, 2.75) is 57.2 Å². The number of aromatic nitrogens is 2. The molecule has 0 saturated carbocycles. The van der Waals surface area contributed by atoms with Gasteiger partial charge < -0.3 is 23.9 Å². The van der Waals surface area contributed by atoms with E-state index in [2.05, 4.69) is 36.3 Å². The molecule has 0 saturated heterocycles. The summed E-state index contributed by atoms with van der Waals surface area (Å²) in [5.41, 5.74) is 5.54. The van der Waals surface area contributed by atoms with E-state index >= 15 is 0 Å². The van der Waals surface area contributed by atoms with Crippen LogP contribution in [0.5, 0.6) is 5.75 Å². The molecule has 1 N–H and O–H groups in total. The molecule has 1 aromatic heterocycles. The van der Waals surface area contributed by atoms with Gasteiger partial charge in [0.25, 0.3) is 0 Å². The molecule has 1 atom stereocenters. The maximum absolute atomic E-state index is 12.9. The van der Waals surface area contributed by atoms with Crippen LogP contribution >= 0.6 is 0 Å². The highest BCUT2D eigenvalue weighted by Crippen LogP contribution is 2.26. The van der Waals surface area contributed by atoms with E-state index < -0.39 is 11.2 Å². The number of nitrogens with zero attached hydrogens (tertiary/aromatic N) is 2. The Kier molecular flexibility index (Phi) is 12.5. The summed E-state index contributed by atoms with van der Waals surface area (Å²) >= 11 is -1.20. The molecule has 226 valence electrons. The zero-order valence-corrected chi connectivity index (χ0v) is 26.1. The van der Waals surface area contributed by atoms with E-state index in [0.717, 1.165) is 66.1 Å². The summed E-state index contributed by atoms with van der Waals surface area (Å²) in [7, 11) is 0. The van der Waals surface area contributed by atoms with Gasteiger partial charge in [0.05, 0.1) is 24.8 Å². The van der Waals surface area contributed by atoms with Crippen molar-refractivity contribution in [3.63, 3.8) is 0 Å². The predicted molar refractivity (Wildman–Crippen MR) is 174 cm³/mol. The van der Waals surface area contributed by atoms with Crippen LogP contribution in [0.15, 0.2) is 96.3 Å². The molecule has 1 amide bonds. The van der Waals surface area contributed by atoms with E-state index in [1.807, 2.05) is 47.9 Å². The molecule has 0 spiro atoms. The number of imidazole rings is 1. The zero-order valence-electron chi connectivity index (χ0n) is 25.3. The van der Waals surface area contributed by atoms with Crippen molar-refractivity contribution in [1.29, 1.82) is 0 Å². The first-order chi connectivity index (χ1) is 21.0. The number of carbonyl (C=O) groups excluding carboxylic acids is 1. The van der Waals surface area contributed by atoms with E-state index in [-0.39, 0.29) is 5.91 Å². The Morgan fingerprint density at radius 3 is 2.51 bits per heavy atom. The highest BCUT2D eigenvalue weighted by molar-refractivity contribution is 7.90. The molecule has 0 unspecified atom stereocenters. The lowest BCUT2D eigenvalue weighted by atomic mass is 9.99. The first-order valence-corrected chi connectivity index (χ1v) is 16.2. The van der Waals surface area contributed by atoms with Gasteiger partial charge in [0.1, 0.15) is 12.4 Å². The fourth-order valence-corrected chi connectivity index (χ4v) is 5.65. The van der Waals surface area contributed by atoms with Crippen LogP contribution in [0.25, 0.3) is 16.7 Å². The van der Waals surface area contributed by atoms with Crippen molar-refractivity contribution < 1.29 is 18.8 Å². The molecule has 3 aromatic carbocycles. The second kappa shape index (κ2) is 16.7. The summed E-state index contributed by atoms with van der Waals surface area (Å²) in [5.74, 6) is 0.991. The fraction of sp³-hybridized carbons (Fsp3) is 0.314. The maximum Gasteiger partial charge on any atom is 0.248 e. The van der Waals surface area contributed by atoms with Crippen molar-refractivity contribution in [3.8, 4) is 16.9 Å². The van der Waals surface area contributed by atoms with Gasteiger partial charge in [-0.1, -0.05) is 50.6 Å². The van der Waals surface area contributed by atoms with Crippen molar-refractivity contribution in [2.24, 2.45) is 0 Å². The number of rotatable bonds is 16. The molecular formula is C35H41N3O4S.